The molecule has 0 bridgehead atoms. The summed E-state index contributed by atoms with van der Waals surface area (Å²) in [5, 5.41) is 12.4. The van der Waals surface area contributed by atoms with E-state index in [2.05, 4.69) is 31.2 Å². The molecule has 1 rings (SSSR count). The number of likely N-dealkylation sites (N-methyl/N-ethyl adjacent to an activating group) is 1. The van der Waals surface area contributed by atoms with E-state index in [0.29, 0.717) is 6.04 Å². The fraction of sp³-hybridized carbons (Fsp3) is 1.00. The summed E-state index contributed by atoms with van der Waals surface area (Å²) in [6.07, 6.45) is 6.76. The van der Waals surface area contributed by atoms with Gasteiger partial charge in [-0.15, -0.1) is 0 Å². The summed E-state index contributed by atoms with van der Waals surface area (Å²) in [7, 11) is 4.20. The lowest BCUT2D eigenvalue weighted by Crippen LogP contribution is -2.44. The standard InChI is InChI=1S/C14H30N2O/c1-4-5-12-6-7-14(15-2)13(10-12)11-16(3)8-9-17/h12-15,17H,4-11H2,1-3H3. The lowest BCUT2D eigenvalue weighted by Gasteiger charge is -2.38. The van der Waals surface area contributed by atoms with Crippen molar-refractivity contribution in [1.82, 2.24) is 10.2 Å². The Bertz CT molecular complexity index is 197. The summed E-state index contributed by atoms with van der Waals surface area (Å²) in [6, 6.07) is 0.671. The van der Waals surface area contributed by atoms with Crippen molar-refractivity contribution in [3.63, 3.8) is 0 Å². The fourth-order valence-electron chi connectivity index (χ4n) is 3.28. The molecular formula is C14H30N2O. The van der Waals surface area contributed by atoms with Crippen molar-refractivity contribution in [3.8, 4) is 0 Å². The first-order valence-electron chi connectivity index (χ1n) is 7.17. The molecule has 0 aromatic rings. The third-order valence-corrected chi connectivity index (χ3v) is 4.19. The predicted octanol–water partition coefficient (Wildman–Crippen LogP) is 1.71. The summed E-state index contributed by atoms with van der Waals surface area (Å²) >= 11 is 0. The Labute approximate surface area is 107 Å². The van der Waals surface area contributed by atoms with Crippen LogP contribution in [0.25, 0.3) is 0 Å². The van der Waals surface area contributed by atoms with Crippen LogP contribution in [0.3, 0.4) is 0 Å². The summed E-state index contributed by atoms with van der Waals surface area (Å²) in [5.74, 6) is 1.68. The van der Waals surface area contributed by atoms with Crippen LogP contribution in [-0.2, 0) is 0 Å². The molecule has 0 radical (unpaired) electrons. The molecule has 2 N–H and O–H groups in total. The number of hydrogen-bond acceptors (Lipinski definition) is 3. The average Bonchev–Trinajstić information content (AvgIpc) is 2.30. The molecular weight excluding hydrogens is 212 g/mol. The molecule has 0 saturated heterocycles. The van der Waals surface area contributed by atoms with E-state index in [9.17, 15) is 0 Å². The maximum absolute atomic E-state index is 8.97. The van der Waals surface area contributed by atoms with Gasteiger partial charge in [-0.2, -0.15) is 0 Å². The van der Waals surface area contributed by atoms with E-state index in [4.69, 9.17) is 5.11 Å². The Morgan fingerprint density at radius 2 is 2.12 bits per heavy atom. The minimum atomic E-state index is 0.270. The molecule has 3 heteroatoms. The smallest absolute Gasteiger partial charge is 0.0558 e. The highest BCUT2D eigenvalue weighted by atomic mass is 16.3. The number of rotatable bonds is 7. The van der Waals surface area contributed by atoms with Crippen molar-refractivity contribution in [3.05, 3.63) is 0 Å². The van der Waals surface area contributed by atoms with E-state index >= 15 is 0 Å². The predicted molar refractivity (Wildman–Crippen MR) is 73.2 cm³/mol. The Hall–Kier alpha value is -0.120. The molecule has 0 spiro atoms. The largest absolute Gasteiger partial charge is 0.395 e. The van der Waals surface area contributed by atoms with Crippen molar-refractivity contribution in [1.29, 1.82) is 0 Å². The van der Waals surface area contributed by atoms with Crippen molar-refractivity contribution in [2.24, 2.45) is 11.8 Å². The first-order chi connectivity index (χ1) is 8.21. The van der Waals surface area contributed by atoms with Crippen LogP contribution in [0, 0.1) is 11.8 Å². The summed E-state index contributed by atoms with van der Waals surface area (Å²) in [5.41, 5.74) is 0. The molecule has 1 fully saturated rings. The average molecular weight is 242 g/mol. The Kier molecular flexibility index (Phi) is 7.09. The van der Waals surface area contributed by atoms with Gasteiger partial charge in [0.25, 0.3) is 0 Å². The van der Waals surface area contributed by atoms with Gasteiger partial charge < -0.3 is 15.3 Å². The zero-order valence-electron chi connectivity index (χ0n) is 11.8. The molecule has 1 saturated carbocycles. The molecule has 3 nitrogen and oxygen atoms in total. The zero-order chi connectivity index (χ0) is 12.7. The third-order valence-electron chi connectivity index (χ3n) is 4.19. The van der Waals surface area contributed by atoms with E-state index in [-0.39, 0.29) is 6.61 Å². The number of hydrogen-bond donors (Lipinski definition) is 2. The third kappa shape index (κ3) is 4.94. The number of nitrogens with one attached hydrogen (secondary N) is 1. The van der Waals surface area contributed by atoms with Gasteiger partial charge in [-0.1, -0.05) is 19.8 Å². The number of aliphatic hydroxyl groups excluding tert-OH is 1. The molecule has 3 atom stereocenters. The second-order valence-electron chi connectivity index (χ2n) is 5.61. The van der Waals surface area contributed by atoms with Crippen molar-refractivity contribution >= 4 is 0 Å². The van der Waals surface area contributed by atoms with Crippen molar-refractivity contribution in [2.75, 3.05) is 33.8 Å². The lowest BCUT2D eigenvalue weighted by atomic mass is 9.76. The summed E-state index contributed by atoms with van der Waals surface area (Å²) < 4.78 is 0. The van der Waals surface area contributed by atoms with Gasteiger partial charge in [-0.25, -0.2) is 0 Å². The van der Waals surface area contributed by atoms with Gasteiger partial charge in [0.05, 0.1) is 6.61 Å². The van der Waals surface area contributed by atoms with Crippen LogP contribution in [-0.4, -0.2) is 49.8 Å². The minimum absolute atomic E-state index is 0.270. The van der Waals surface area contributed by atoms with Crippen molar-refractivity contribution < 1.29 is 5.11 Å². The molecule has 0 aromatic heterocycles. The van der Waals surface area contributed by atoms with Gasteiger partial charge in [0.15, 0.2) is 0 Å². The highest BCUT2D eigenvalue weighted by Crippen LogP contribution is 2.32. The topological polar surface area (TPSA) is 35.5 Å². The van der Waals surface area contributed by atoms with Crippen LogP contribution < -0.4 is 5.32 Å². The maximum Gasteiger partial charge on any atom is 0.0558 e. The first-order valence-corrected chi connectivity index (χ1v) is 7.17. The molecule has 0 aromatic carbocycles. The lowest BCUT2D eigenvalue weighted by molar-refractivity contribution is 0.139. The Balaban J connectivity index is 2.44. The van der Waals surface area contributed by atoms with Gasteiger partial charge in [-0.3, -0.25) is 0 Å². The normalized spacial score (nSPS) is 29.8. The summed E-state index contributed by atoms with van der Waals surface area (Å²) in [4.78, 5) is 2.27. The van der Waals surface area contributed by atoms with Gasteiger partial charge in [-0.05, 0) is 45.2 Å². The quantitative estimate of drug-likeness (QED) is 0.713. The highest BCUT2D eigenvalue weighted by molar-refractivity contribution is 4.85. The van der Waals surface area contributed by atoms with Crippen LogP contribution in [0.1, 0.15) is 39.0 Å². The second-order valence-corrected chi connectivity index (χ2v) is 5.61. The number of aliphatic hydroxyl groups is 1. The van der Waals surface area contributed by atoms with Crippen LogP contribution in [0.4, 0.5) is 0 Å². The molecule has 1 aliphatic carbocycles. The minimum Gasteiger partial charge on any atom is -0.395 e. The fourth-order valence-corrected chi connectivity index (χ4v) is 3.28. The molecule has 0 heterocycles. The summed E-state index contributed by atoms with van der Waals surface area (Å²) in [6.45, 7) is 4.47. The molecule has 17 heavy (non-hydrogen) atoms. The molecule has 102 valence electrons. The number of nitrogens with zero attached hydrogens (tertiary/aromatic N) is 1. The molecule has 1 aliphatic rings. The maximum atomic E-state index is 8.97. The van der Waals surface area contributed by atoms with Gasteiger partial charge in [0.1, 0.15) is 0 Å². The Morgan fingerprint density at radius 1 is 1.35 bits per heavy atom. The SMILES string of the molecule is CCCC1CCC(NC)C(CN(C)CCO)C1. The first kappa shape index (κ1) is 14.9. The van der Waals surface area contributed by atoms with E-state index < -0.39 is 0 Å². The van der Waals surface area contributed by atoms with Crippen LogP contribution in [0.15, 0.2) is 0 Å². The molecule has 0 aliphatic heterocycles. The monoisotopic (exact) mass is 242 g/mol. The zero-order valence-corrected chi connectivity index (χ0v) is 11.8. The van der Waals surface area contributed by atoms with Crippen LogP contribution >= 0.6 is 0 Å². The second kappa shape index (κ2) is 8.06. The molecule has 3 unspecified atom stereocenters. The van der Waals surface area contributed by atoms with Crippen molar-refractivity contribution in [2.45, 2.75) is 45.1 Å². The van der Waals surface area contributed by atoms with Gasteiger partial charge >= 0.3 is 0 Å². The highest BCUT2D eigenvalue weighted by Gasteiger charge is 2.29. The van der Waals surface area contributed by atoms with E-state index in [0.717, 1.165) is 24.9 Å². The van der Waals surface area contributed by atoms with E-state index in [1.807, 2.05) is 0 Å². The van der Waals surface area contributed by atoms with Gasteiger partial charge in [0.2, 0.25) is 0 Å². The van der Waals surface area contributed by atoms with Gasteiger partial charge in [0, 0.05) is 19.1 Å². The van der Waals surface area contributed by atoms with Crippen LogP contribution in [0.5, 0.6) is 0 Å². The van der Waals surface area contributed by atoms with E-state index in [1.54, 1.807) is 0 Å². The Morgan fingerprint density at radius 3 is 2.71 bits per heavy atom. The van der Waals surface area contributed by atoms with Crippen LogP contribution in [0.2, 0.25) is 0 Å². The van der Waals surface area contributed by atoms with E-state index in [1.165, 1.54) is 32.1 Å². The molecule has 0 amide bonds.